The molecule has 0 saturated heterocycles. The molecule has 0 bridgehead atoms. The number of carbonyl (C=O) groups is 1. The minimum atomic E-state index is -4.46. The molecule has 4 aromatic rings. The Hall–Kier alpha value is -2.62. The van der Waals surface area contributed by atoms with Gasteiger partial charge >= 0.3 is 13.6 Å². The van der Waals surface area contributed by atoms with Crippen LogP contribution in [0.25, 0.3) is 22.0 Å². The van der Waals surface area contributed by atoms with Gasteiger partial charge in [-0.05, 0) is 85.0 Å². The van der Waals surface area contributed by atoms with E-state index in [0.717, 1.165) is 51.0 Å². The molecule has 0 aliphatic rings. The van der Waals surface area contributed by atoms with Crippen LogP contribution < -0.4 is 0 Å². The van der Waals surface area contributed by atoms with Gasteiger partial charge < -0.3 is 5.11 Å². The van der Waals surface area contributed by atoms with Crippen molar-refractivity contribution >= 4 is 52.2 Å². The summed E-state index contributed by atoms with van der Waals surface area (Å²) < 4.78 is 43.5. The second-order valence-electron chi connectivity index (χ2n) is 11.1. The normalized spacial score (nSPS) is 12.6. The lowest BCUT2D eigenvalue weighted by molar-refractivity contribution is -0.136. The first-order chi connectivity index (χ1) is 20.5. The Kier molecular flexibility index (Phi) is 11.5. The monoisotopic (exact) mass is 691 g/mol. The number of nitrogens with zero attached hydrogens (tertiary/aromatic N) is 1. The molecule has 0 saturated carbocycles. The third-order valence-electron chi connectivity index (χ3n) is 7.08. The van der Waals surface area contributed by atoms with E-state index in [1.54, 1.807) is 23.9 Å². The van der Waals surface area contributed by atoms with Crippen LogP contribution in [0.15, 0.2) is 71.2 Å². The fourth-order valence-corrected chi connectivity index (χ4v) is 7.59. The third-order valence-corrected chi connectivity index (χ3v) is 10.0. The summed E-state index contributed by atoms with van der Waals surface area (Å²) in [6.45, 7) is 6.53. The zero-order valence-corrected chi connectivity index (χ0v) is 27.4. The second-order valence-corrected chi connectivity index (χ2v) is 14.7. The molecule has 228 valence electrons. The molecular weight excluding hydrogens is 659 g/mol. The Morgan fingerprint density at radius 2 is 1.60 bits per heavy atom. The molecule has 6 nitrogen and oxygen atoms in total. The van der Waals surface area contributed by atoms with E-state index in [0.29, 0.717) is 27.3 Å². The molecule has 1 heterocycles. The van der Waals surface area contributed by atoms with Crippen LogP contribution in [0.4, 0.5) is 9.05 Å². The number of aromatic nitrogens is 1. The van der Waals surface area contributed by atoms with Gasteiger partial charge in [0.15, 0.2) is 0 Å². The van der Waals surface area contributed by atoms with Crippen molar-refractivity contribution in [3.05, 3.63) is 99.2 Å². The van der Waals surface area contributed by atoms with Gasteiger partial charge in [-0.1, -0.05) is 79.2 Å². The topological polar surface area (TPSA) is 85.7 Å². The molecule has 1 aromatic heterocycles. The fourth-order valence-electron chi connectivity index (χ4n) is 5.05. The molecule has 0 radical (unpaired) electrons. The van der Waals surface area contributed by atoms with Gasteiger partial charge in [0.25, 0.3) is 0 Å². The quantitative estimate of drug-likeness (QED) is 0.132. The smallest absolute Gasteiger partial charge is 0.399 e. The molecule has 0 aliphatic heterocycles. The van der Waals surface area contributed by atoms with Gasteiger partial charge in [0.05, 0.1) is 18.1 Å². The zero-order valence-electron chi connectivity index (χ0n) is 24.1. The predicted molar refractivity (Wildman–Crippen MR) is 171 cm³/mol. The summed E-state index contributed by atoms with van der Waals surface area (Å²) in [7, 11) is -4.46. The van der Waals surface area contributed by atoms with Crippen molar-refractivity contribution in [2.45, 2.75) is 57.2 Å². The van der Waals surface area contributed by atoms with Crippen LogP contribution in [0.3, 0.4) is 0 Å². The summed E-state index contributed by atoms with van der Waals surface area (Å²) in [4.78, 5) is 16.6. The average Bonchev–Trinajstić information content (AvgIpc) is 2.98. The van der Waals surface area contributed by atoms with Gasteiger partial charge in [0, 0.05) is 27.1 Å². The van der Waals surface area contributed by atoms with Crippen LogP contribution in [0, 0.1) is 5.92 Å². The highest BCUT2D eigenvalue weighted by Crippen LogP contribution is 2.53. The highest BCUT2D eigenvalue weighted by Gasteiger charge is 2.29. The molecule has 43 heavy (non-hydrogen) atoms. The molecular formula is C32H33BrF2NO5PS. The Bertz CT molecular complexity index is 1630. The maximum Gasteiger partial charge on any atom is 0.399 e. The average molecular weight is 693 g/mol. The second kappa shape index (κ2) is 14.9. The Balaban J connectivity index is 1.45. The SMILES string of the molecule is CC(C)CC(C)c1ccc2cc(-c3ccc(CSCc4ccc(CP(=O)(OF)OF)c(Br)c4)cc3)cc(CC(=O)O)c2n1. The first kappa shape index (κ1) is 33.3. The molecule has 4 rings (SSSR count). The van der Waals surface area contributed by atoms with Gasteiger partial charge in [0.2, 0.25) is 0 Å². The number of benzene rings is 3. The van der Waals surface area contributed by atoms with Gasteiger partial charge in [-0.25, -0.2) is 0 Å². The number of carboxylic acids is 1. The highest BCUT2D eigenvalue weighted by atomic mass is 79.9. The van der Waals surface area contributed by atoms with Gasteiger partial charge in [-0.2, -0.15) is 11.8 Å². The number of thioether (sulfide) groups is 1. The van der Waals surface area contributed by atoms with Gasteiger partial charge in [0.1, 0.15) is 0 Å². The Morgan fingerprint density at radius 3 is 2.23 bits per heavy atom. The molecule has 1 atom stereocenters. The number of carboxylic acid groups (broad SMARTS) is 1. The van der Waals surface area contributed by atoms with E-state index in [2.05, 4.69) is 64.4 Å². The lowest BCUT2D eigenvalue weighted by Gasteiger charge is -2.16. The van der Waals surface area contributed by atoms with Crippen LogP contribution in [0.5, 0.6) is 0 Å². The lowest BCUT2D eigenvalue weighted by Crippen LogP contribution is -2.05. The molecule has 0 spiro atoms. The Labute approximate surface area is 262 Å². The van der Waals surface area contributed by atoms with Crippen LogP contribution in [-0.2, 0) is 42.9 Å². The highest BCUT2D eigenvalue weighted by molar-refractivity contribution is 9.10. The minimum absolute atomic E-state index is 0.0995. The van der Waals surface area contributed by atoms with E-state index in [9.17, 15) is 23.5 Å². The van der Waals surface area contributed by atoms with E-state index in [4.69, 9.17) is 4.98 Å². The number of rotatable bonds is 14. The first-order valence-electron chi connectivity index (χ1n) is 13.8. The van der Waals surface area contributed by atoms with Crippen molar-refractivity contribution in [1.82, 2.24) is 4.98 Å². The lowest BCUT2D eigenvalue weighted by atomic mass is 9.93. The summed E-state index contributed by atoms with van der Waals surface area (Å²) in [5, 5.41) is 10.5. The van der Waals surface area contributed by atoms with Crippen LogP contribution >= 0.6 is 35.3 Å². The molecule has 1 N–H and O–H groups in total. The van der Waals surface area contributed by atoms with Crippen molar-refractivity contribution < 1.29 is 33.0 Å². The number of pyridine rings is 1. The number of hydrogen-bond acceptors (Lipinski definition) is 6. The van der Waals surface area contributed by atoms with E-state index < -0.39 is 19.7 Å². The Morgan fingerprint density at radius 1 is 0.930 bits per heavy atom. The largest absolute Gasteiger partial charge is 0.481 e. The summed E-state index contributed by atoms with van der Waals surface area (Å²) >= 11 is 5.05. The predicted octanol–water partition coefficient (Wildman–Crippen LogP) is 10.4. The molecule has 0 aliphatic carbocycles. The summed E-state index contributed by atoms with van der Waals surface area (Å²) in [6, 6.07) is 21.5. The first-order valence-corrected chi connectivity index (χ1v) is 17.5. The maximum absolute atomic E-state index is 12.4. The van der Waals surface area contributed by atoms with E-state index >= 15 is 0 Å². The molecule has 1 unspecified atom stereocenters. The van der Waals surface area contributed by atoms with Crippen LogP contribution in [-0.4, -0.2) is 16.1 Å². The molecule has 3 aromatic carbocycles. The summed E-state index contributed by atoms with van der Waals surface area (Å²) in [5.41, 5.74) is 6.87. The van der Waals surface area contributed by atoms with E-state index in [1.165, 1.54) is 0 Å². The van der Waals surface area contributed by atoms with Crippen molar-refractivity contribution in [1.29, 1.82) is 0 Å². The minimum Gasteiger partial charge on any atom is -0.481 e. The van der Waals surface area contributed by atoms with Crippen LogP contribution in [0.1, 0.15) is 61.1 Å². The van der Waals surface area contributed by atoms with E-state index in [1.807, 2.05) is 36.4 Å². The van der Waals surface area contributed by atoms with Crippen molar-refractivity contribution in [3.63, 3.8) is 0 Å². The molecule has 0 fully saturated rings. The summed E-state index contributed by atoms with van der Waals surface area (Å²) in [6.07, 6.45) is 0.375. The number of aliphatic carboxylic acids is 1. The summed E-state index contributed by atoms with van der Waals surface area (Å²) in [5.74, 6) is 1.38. The van der Waals surface area contributed by atoms with Gasteiger partial charge in [-0.3, -0.25) is 14.3 Å². The van der Waals surface area contributed by atoms with Crippen LogP contribution in [0.2, 0.25) is 0 Å². The van der Waals surface area contributed by atoms with Gasteiger partial charge in [-0.15, -0.1) is 9.46 Å². The zero-order chi connectivity index (χ0) is 31.1. The number of halogens is 3. The van der Waals surface area contributed by atoms with Crippen molar-refractivity contribution in [2.24, 2.45) is 5.92 Å². The molecule has 11 heteroatoms. The molecule has 0 amide bonds. The van der Waals surface area contributed by atoms with Crippen molar-refractivity contribution in [3.8, 4) is 11.1 Å². The van der Waals surface area contributed by atoms with E-state index in [-0.39, 0.29) is 12.3 Å². The third kappa shape index (κ3) is 8.96. The standard InChI is InChI=1S/C32H33BrF2NO5PS/c1-20(2)12-21(3)30-11-10-25-14-27(15-28(16-31(37)38)32(25)36-30)24-7-4-22(5-8-24)18-43-19-23-6-9-26(29(33)13-23)17-42(39,40-34)41-35/h4-11,13-15,20-21H,12,16-19H2,1-3H3,(H,37,38). The van der Waals surface area contributed by atoms with Crippen molar-refractivity contribution in [2.75, 3.05) is 0 Å². The number of hydrogen-bond donors (Lipinski definition) is 1. The fraction of sp³-hybridized carbons (Fsp3) is 0.312. The maximum atomic E-state index is 12.4. The number of fused-ring (bicyclic) bond motifs is 1.